The quantitative estimate of drug-likeness (QED) is 0.661. The molecule has 0 amide bonds. The van der Waals surface area contributed by atoms with Gasteiger partial charge < -0.3 is 9.40 Å². The van der Waals surface area contributed by atoms with E-state index in [0.29, 0.717) is 43.2 Å². The molecule has 0 fully saturated rings. The zero-order valence-electron chi connectivity index (χ0n) is 16.6. The van der Waals surface area contributed by atoms with Crippen LogP contribution in [0.3, 0.4) is 0 Å². The SMILES string of the molecule is CCCc1nc2c(c(=O)[nH]1)CN(Cc1ccc(-c3ccccc3C(F)(F)F)o1)CC2. The van der Waals surface area contributed by atoms with Crippen LogP contribution in [-0.4, -0.2) is 21.4 Å². The Labute approximate surface area is 171 Å². The van der Waals surface area contributed by atoms with Crippen molar-refractivity contribution in [3.63, 3.8) is 0 Å². The topological polar surface area (TPSA) is 62.1 Å². The van der Waals surface area contributed by atoms with Gasteiger partial charge in [0, 0.05) is 31.5 Å². The molecule has 8 heteroatoms. The third-order valence-corrected chi connectivity index (χ3v) is 5.22. The van der Waals surface area contributed by atoms with Crippen molar-refractivity contribution in [3.05, 3.63) is 75.2 Å². The Kier molecular flexibility index (Phi) is 5.51. The maximum Gasteiger partial charge on any atom is 0.417 e. The van der Waals surface area contributed by atoms with Crippen LogP contribution in [0.1, 0.15) is 41.8 Å². The summed E-state index contributed by atoms with van der Waals surface area (Å²) in [6, 6.07) is 8.61. The first-order valence-corrected chi connectivity index (χ1v) is 9.93. The molecule has 0 unspecified atom stereocenters. The summed E-state index contributed by atoms with van der Waals surface area (Å²) in [5.74, 6) is 1.45. The summed E-state index contributed by atoms with van der Waals surface area (Å²) in [5.41, 5.74) is 0.656. The zero-order chi connectivity index (χ0) is 21.3. The van der Waals surface area contributed by atoms with Gasteiger partial charge >= 0.3 is 6.18 Å². The lowest BCUT2D eigenvalue weighted by atomic mass is 10.1. The van der Waals surface area contributed by atoms with Gasteiger partial charge in [-0.05, 0) is 24.6 Å². The first-order chi connectivity index (χ1) is 14.3. The first kappa shape index (κ1) is 20.4. The van der Waals surface area contributed by atoms with E-state index in [-0.39, 0.29) is 16.9 Å². The number of hydrogen-bond donors (Lipinski definition) is 1. The molecule has 1 aliphatic rings. The molecule has 30 heavy (non-hydrogen) atoms. The van der Waals surface area contributed by atoms with E-state index in [9.17, 15) is 18.0 Å². The van der Waals surface area contributed by atoms with Crippen LogP contribution in [0.15, 0.2) is 45.6 Å². The molecule has 1 N–H and O–H groups in total. The summed E-state index contributed by atoms with van der Waals surface area (Å²) in [5, 5.41) is 0. The number of benzene rings is 1. The maximum atomic E-state index is 13.3. The van der Waals surface area contributed by atoms with Crippen LogP contribution in [0.5, 0.6) is 0 Å². The first-order valence-electron chi connectivity index (χ1n) is 9.93. The monoisotopic (exact) mass is 417 g/mol. The Bertz CT molecular complexity index is 1100. The molecule has 1 aromatic carbocycles. The van der Waals surface area contributed by atoms with E-state index in [0.717, 1.165) is 24.6 Å². The van der Waals surface area contributed by atoms with Crippen LogP contribution >= 0.6 is 0 Å². The van der Waals surface area contributed by atoms with E-state index in [1.54, 1.807) is 18.2 Å². The minimum absolute atomic E-state index is 0.0179. The van der Waals surface area contributed by atoms with Crippen LogP contribution in [0.4, 0.5) is 13.2 Å². The minimum Gasteiger partial charge on any atom is -0.460 e. The zero-order valence-corrected chi connectivity index (χ0v) is 16.6. The molecule has 0 aliphatic carbocycles. The number of rotatable bonds is 5. The van der Waals surface area contributed by atoms with Crippen LogP contribution < -0.4 is 5.56 Å². The van der Waals surface area contributed by atoms with Gasteiger partial charge in [0.25, 0.3) is 5.56 Å². The number of aromatic amines is 1. The maximum absolute atomic E-state index is 13.3. The highest BCUT2D eigenvalue weighted by molar-refractivity contribution is 5.63. The van der Waals surface area contributed by atoms with E-state index in [1.807, 2.05) is 11.8 Å². The van der Waals surface area contributed by atoms with E-state index in [4.69, 9.17) is 4.42 Å². The number of alkyl halides is 3. The van der Waals surface area contributed by atoms with Gasteiger partial charge in [-0.3, -0.25) is 9.69 Å². The molecule has 4 rings (SSSR count). The third kappa shape index (κ3) is 4.18. The van der Waals surface area contributed by atoms with Gasteiger partial charge in [-0.25, -0.2) is 4.98 Å². The number of fused-ring (bicyclic) bond motifs is 1. The standard InChI is InChI=1S/C22H22F3N3O2/c1-2-5-20-26-18-10-11-28(13-16(18)21(29)27-20)12-14-8-9-19(30-14)15-6-3-4-7-17(15)22(23,24)25/h3-4,6-9H,2,5,10-13H2,1H3,(H,26,27,29). The predicted molar refractivity (Wildman–Crippen MR) is 106 cm³/mol. The van der Waals surface area contributed by atoms with Crippen LogP contribution in [0.25, 0.3) is 11.3 Å². The molecule has 2 aromatic heterocycles. The fourth-order valence-corrected chi connectivity index (χ4v) is 3.80. The van der Waals surface area contributed by atoms with Crippen molar-refractivity contribution in [3.8, 4) is 11.3 Å². The molecule has 1 aliphatic heterocycles. The Morgan fingerprint density at radius 3 is 2.77 bits per heavy atom. The van der Waals surface area contributed by atoms with Crippen molar-refractivity contribution in [2.75, 3.05) is 6.54 Å². The molecule has 5 nitrogen and oxygen atoms in total. The van der Waals surface area contributed by atoms with E-state index in [1.165, 1.54) is 12.1 Å². The summed E-state index contributed by atoms with van der Waals surface area (Å²) < 4.78 is 45.6. The lowest BCUT2D eigenvalue weighted by Gasteiger charge is -2.26. The average molecular weight is 417 g/mol. The number of hydrogen-bond acceptors (Lipinski definition) is 4. The van der Waals surface area contributed by atoms with Crippen molar-refractivity contribution >= 4 is 0 Å². The molecule has 0 saturated heterocycles. The highest BCUT2D eigenvalue weighted by atomic mass is 19.4. The van der Waals surface area contributed by atoms with E-state index in [2.05, 4.69) is 9.97 Å². The lowest BCUT2D eigenvalue weighted by Crippen LogP contribution is -2.35. The van der Waals surface area contributed by atoms with Crippen LogP contribution in [0.2, 0.25) is 0 Å². The van der Waals surface area contributed by atoms with Gasteiger partial charge in [0.05, 0.1) is 23.4 Å². The van der Waals surface area contributed by atoms with Crippen molar-refractivity contribution in [1.82, 2.24) is 14.9 Å². The smallest absolute Gasteiger partial charge is 0.417 e. The number of nitrogens with one attached hydrogen (secondary N) is 1. The molecule has 158 valence electrons. The Hall–Kier alpha value is -2.87. The van der Waals surface area contributed by atoms with Gasteiger partial charge in [-0.2, -0.15) is 13.2 Å². The number of H-pyrrole nitrogens is 1. The highest BCUT2D eigenvalue weighted by Gasteiger charge is 2.34. The van der Waals surface area contributed by atoms with Gasteiger partial charge in [-0.15, -0.1) is 0 Å². The van der Waals surface area contributed by atoms with Crippen molar-refractivity contribution < 1.29 is 17.6 Å². The molecular weight excluding hydrogens is 395 g/mol. The number of nitrogens with zero attached hydrogens (tertiary/aromatic N) is 2. The summed E-state index contributed by atoms with van der Waals surface area (Å²) in [6.07, 6.45) is -2.15. The minimum atomic E-state index is -4.45. The largest absolute Gasteiger partial charge is 0.460 e. The second-order valence-electron chi connectivity index (χ2n) is 7.46. The van der Waals surface area contributed by atoms with Gasteiger partial charge in [-0.1, -0.05) is 25.1 Å². The number of aromatic nitrogens is 2. The molecule has 3 heterocycles. The summed E-state index contributed by atoms with van der Waals surface area (Å²) >= 11 is 0. The summed E-state index contributed by atoms with van der Waals surface area (Å²) in [7, 11) is 0. The summed E-state index contributed by atoms with van der Waals surface area (Å²) in [6.45, 7) is 3.57. The van der Waals surface area contributed by atoms with Crippen molar-refractivity contribution in [2.24, 2.45) is 0 Å². The lowest BCUT2D eigenvalue weighted by molar-refractivity contribution is -0.137. The summed E-state index contributed by atoms with van der Waals surface area (Å²) in [4.78, 5) is 21.9. The Balaban J connectivity index is 1.52. The molecule has 0 saturated carbocycles. The van der Waals surface area contributed by atoms with Crippen LogP contribution in [-0.2, 0) is 32.1 Å². The number of aryl methyl sites for hydroxylation is 1. The van der Waals surface area contributed by atoms with Gasteiger partial charge in [0.1, 0.15) is 17.3 Å². The molecule has 0 bridgehead atoms. The second kappa shape index (κ2) is 8.10. The Morgan fingerprint density at radius 1 is 1.20 bits per heavy atom. The average Bonchev–Trinajstić information content (AvgIpc) is 3.16. The fourth-order valence-electron chi connectivity index (χ4n) is 3.80. The fraction of sp³-hybridized carbons (Fsp3) is 0.364. The molecule has 3 aromatic rings. The number of halogens is 3. The van der Waals surface area contributed by atoms with Gasteiger partial charge in [0.2, 0.25) is 0 Å². The molecule has 0 atom stereocenters. The predicted octanol–water partition coefficient (Wildman–Crippen LogP) is 4.56. The van der Waals surface area contributed by atoms with Crippen molar-refractivity contribution in [1.29, 1.82) is 0 Å². The Morgan fingerprint density at radius 2 is 2.00 bits per heavy atom. The second-order valence-corrected chi connectivity index (χ2v) is 7.46. The van der Waals surface area contributed by atoms with E-state index >= 15 is 0 Å². The molecule has 0 spiro atoms. The molecular formula is C22H22F3N3O2. The van der Waals surface area contributed by atoms with E-state index < -0.39 is 11.7 Å². The van der Waals surface area contributed by atoms with Crippen molar-refractivity contribution in [2.45, 2.75) is 45.5 Å². The van der Waals surface area contributed by atoms with Gasteiger partial charge in [0.15, 0.2) is 0 Å². The molecule has 0 radical (unpaired) electrons. The number of furan rings is 1. The third-order valence-electron chi connectivity index (χ3n) is 5.22. The normalized spacial score (nSPS) is 14.7. The van der Waals surface area contributed by atoms with Crippen LogP contribution in [0, 0.1) is 0 Å². The highest BCUT2D eigenvalue weighted by Crippen LogP contribution is 2.37.